The molecule has 4 nitrogen and oxygen atoms in total. The van der Waals surface area contributed by atoms with Crippen molar-refractivity contribution in [2.45, 2.75) is 33.2 Å². The van der Waals surface area contributed by atoms with Gasteiger partial charge in [-0.25, -0.2) is 4.98 Å². The summed E-state index contributed by atoms with van der Waals surface area (Å²) in [5.41, 5.74) is 4.47. The molecular weight excluding hydrogens is 375 g/mol. The van der Waals surface area contributed by atoms with Crippen molar-refractivity contribution in [1.82, 2.24) is 9.97 Å². The molecule has 0 saturated heterocycles. The molecule has 0 aliphatic heterocycles. The van der Waals surface area contributed by atoms with Crippen LogP contribution in [-0.2, 0) is 19.4 Å². The molecule has 0 amide bonds. The highest BCUT2D eigenvalue weighted by Crippen LogP contribution is 2.19. The maximum Gasteiger partial charge on any atom is 0.136 e. The highest BCUT2D eigenvalue weighted by Gasteiger charge is 2.09. The van der Waals surface area contributed by atoms with Crippen molar-refractivity contribution in [1.29, 1.82) is 5.41 Å². The van der Waals surface area contributed by atoms with E-state index in [2.05, 4.69) is 29.1 Å². The third-order valence-corrected chi connectivity index (χ3v) is 4.00. The van der Waals surface area contributed by atoms with Gasteiger partial charge in [0.1, 0.15) is 9.54 Å². The Morgan fingerprint density at radius 3 is 2.71 bits per heavy atom. The zero-order chi connectivity index (χ0) is 15.2. The number of nitrogens with one attached hydrogen (secondary N) is 2. The first kappa shape index (κ1) is 15.9. The van der Waals surface area contributed by atoms with Gasteiger partial charge >= 0.3 is 0 Å². The average Bonchev–Trinajstić information content (AvgIpc) is 2.52. The van der Waals surface area contributed by atoms with E-state index in [1.165, 1.54) is 11.1 Å². The zero-order valence-corrected chi connectivity index (χ0v) is 14.4. The van der Waals surface area contributed by atoms with E-state index in [1.54, 1.807) is 0 Å². The Morgan fingerprint density at radius 2 is 2.05 bits per heavy atom. The third-order valence-electron chi connectivity index (χ3n) is 3.42. The van der Waals surface area contributed by atoms with Crippen LogP contribution >= 0.6 is 22.6 Å². The lowest BCUT2D eigenvalue weighted by Crippen LogP contribution is -2.08. The van der Waals surface area contributed by atoms with Crippen LogP contribution in [0.25, 0.3) is 0 Å². The topological polar surface area (TPSA) is 61.7 Å². The van der Waals surface area contributed by atoms with Crippen molar-refractivity contribution in [3.8, 4) is 0 Å². The van der Waals surface area contributed by atoms with Crippen molar-refractivity contribution in [2.24, 2.45) is 0 Å². The third kappa shape index (κ3) is 4.00. The Balaban J connectivity index is 2.21. The normalized spacial score (nSPS) is 10.4. The van der Waals surface area contributed by atoms with Gasteiger partial charge in [0, 0.05) is 30.7 Å². The SMILES string of the molecule is CCc1cnc(NCc2ccncc2CC)c(C(=N)I)c1. The summed E-state index contributed by atoms with van der Waals surface area (Å²) >= 11 is 2.03. The predicted molar refractivity (Wildman–Crippen MR) is 95.4 cm³/mol. The number of aryl methyl sites for hydroxylation is 2. The van der Waals surface area contributed by atoms with Crippen molar-refractivity contribution in [3.05, 3.63) is 53.0 Å². The highest BCUT2D eigenvalue weighted by atomic mass is 127. The molecule has 0 aliphatic rings. The van der Waals surface area contributed by atoms with Gasteiger partial charge in [0.2, 0.25) is 0 Å². The standard InChI is InChI=1S/C16H19IN4/c1-3-11-7-14(15(17)18)16(20-8-11)21-10-13-5-6-19-9-12(13)4-2/h5-9,18H,3-4,10H2,1-2H3,(H,20,21). The van der Waals surface area contributed by atoms with Gasteiger partial charge < -0.3 is 5.32 Å². The maximum atomic E-state index is 7.91. The molecule has 0 radical (unpaired) electrons. The average molecular weight is 394 g/mol. The van der Waals surface area contributed by atoms with E-state index in [-0.39, 0.29) is 0 Å². The fourth-order valence-electron chi connectivity index (χ4n) is 2.14. The molecule has 0 unspecified atom stereocenters. The highest BCUT2D eigenvalue weighted by molar-refractivity contribution is 14.1. The Labute approximate surface area is 139 Å². The molecule has 0 bridgehead atoms. The molecule has 0 saturated carbocycles. The van der Waals surface area contributed by atoms with Gasteiger partial charge in [-0.15, -0.1) is 0 Å². The largest absolute Gasteiger partial charge is 0.365 e. The first-order valence-corrected chi connectivity index (χ1v) is 8.12. The Kier molecular flexibility index (Phi) is 5.67. The van der Waals surface area contributed by atoms with Gasteiger partial charge in [-0.3, -0.25) is 10.4 Å². The number of pyridine rings is 2. The van der Waals surface area contributed by atoms with Crippen LogP contribution in [-0.4, -0.2) is 13.7 Å². The summed E-state index contributed by atoms with van der Waals surface area (Å²) < 4.78 is 0.503. The number of hydrogen-bond donors (Lipinski definition) is 2. The molecule has 0 aromatic carbocycles. The second-order valence-corrected chi connectivity index (χ2v) is 5.84. The van der Waals surface area contributed by atoms with Crippen LogP contribution in [0, 0.1) is 5.41 Å². The summed E-state index contributed by atoms with van der Waals surface area (Å²) in [6.45, 7) is 4.91. The quantitative estimate of drug-likeness (QED) is 0.576. The molecule has 2 N–H and O–H groups in total. The molecule has 0 fully saturated rings. The zero-order valence-electron chi connectivity index (χ0n) is 12.3. The molecule has 0 aliphatic carbocycles. The number of rotatable bonds is 6. The van der Waals surface area contributed by atoms with Crippen molar-refractivity contribution < 1.29 is 0 Å². The van der Waals surface area contributed by atoms with Gasteiger partial charge in [-0.1, -0.05) is 13.8 Å². The monoisotopic (exact) mass is 394 g/mol. The number of anilines is 1. The molecule has 2 heterocycles. The van der Waals surface area contributed by atoms with Crippen molar-refractivity contribution in [3.63, 3.8) is 0 Å². The van der Waals surface area contributed by atoms with E-state index < -0.39 is 0 Å². The van der Waals surface area contributed by atoms with Crippen LogP contribution in [0.3, 0.4) is 0 Å². The predicted octanol–water partition coefficient (Wildman–Crippen LogP) is 3.97. The van der Waals surface area contributed by atoms with E-state index in [9.17, 15) is 0 Å². The van der Waals surface area contributed by atoms with Crippen molar-refractivity contribution in [2.75, 3.05) is 5.32 Å². The first-order valence-electron chi connectivity index (χ1n) is 7.04. The van der Waals surface area contributed by atoms with E-state index in [0.717, 1.165) is 29.8 Å². The first-order chi connectivity index (χ1) is 10.2. The smallest absolute Gasteiger partial charge is 0.136 e. The second kappa shape index (κ2) is 7.49. The molecule has 0 spiro atoms. The Morgan fingerprint density at radius 1 is 1.24 bits per heavy atom. The number of aromatic nitrogens is 2. The molecular formula is C16H19IN4. The minimum absolute atomic E-state index is 0.503. The number of halogens is 1. The minimum Gasteiger partial charge on any atom is -0.365 e. The summed E-state index contributed by atoms with van der Waals surface area (Å²) in [4.78, 5) is 8.63. The summed E-state index contributed by atoms with van der Waals surface area (Å²) in [6.07, 6.45) is 7.48. The molecule has 2 rings (SSSR count). The van der Waals surface area contributed by atoms with Crippen LogP contribution in [0.2, 0.25) is 0 Å². The minimum atomic E-state index is 0.503. The lowest BCUT2D eigenvalue weighted by molar-refractivity contribution is 1.00. The molecule has 5 heteroatoms. The van der Waals surface area contributed by atoms with Crippen LogP contribution in [0.15, 0.2) is 30.7 Å². The van der Waals surface area contributed by atoms with Gasteiger partial charge in [0.25, 0.3) is 0 Å². The fraction of sp³-hybridized carbons (Fsp3) is 0.312. The summed E-state index contributed by atoms with van der Waals surface area (Å²) in [6, 6.07) is 4.07. The van der Waals surface area contributed by atoms with E-state index >= 15 is 0 Å². The second-order valence-electron chi connectivity index (χ2n) is 4.76. The summed E-state index contributed by atoms with van der Waals surface area (Å²) in [7, 11) is 0. The lowest BCUT2D eigenvalue weighted by atomic mass is 10.1. The van der Waals surface area contributed by atoms with Gasteiger partial charge in [-0.2, -0.15) is 0 Å². The van der Waals surface area contributed by atoms with Gasteiger partial charge in [0.05, 0.1) is 0 Å². The van der Waals surface area contributed by atoms with Gasteiger partial charge in [0.15, 0.2) is 0 Å². The molecule has 21 heavy (non-hydrogen) atoms. The fourth-order valence-corrected chi connectivity index (χ4v) is 2.55. The van der Waals surface area contributed by atoms with Crippen LogP contribution in [0.4, 0.5) is 5.82 Å². The van der Waals surface area contributed by atoms with Crippen LogP contribution < -0.4 is 5.32 Å². The lowest BCUT2D eigenvalue weighted by Gasteiger charge is -2.13. The molecule has 2 aromatic heterocycles. The van der Waals surface area contributed by atoms with E-state index in [4.69, 9.17) is 5.41 Å². The number of hydrogen-bond acceptors (Lipinski definition) is 4. The number of nitrogens with zero attached hydrogens (tertiary/aromatic N) is 2. The van der Waals surface area contributed by atoms with E-state index in [0.29, 0.717) is 10.3 Å². The van der Waals surface area contributed by atoms with E-state index in [1.807, 2.05) is 53.3 Å². The molecule has 2 aromatic rings. The van der Waals surface area contributed by atoms with Gasteiger partial charge in [-0.05, 0) is 64.3 Å². The Bertz CT molecular complexity index is 640. The summed E-state index contributed by atoms with van der Waals surface area (Å²) in [5.74, 6) is 0.769. The summed E-state index contributed by atoms with van der Waals surface area (Å²) in [5, 5.41) is 11.3. The van der Waals surface area contributed by atoms with Crippen molar-refractivity contribution >= 4 is 32.1 Å². The Hall–Kier alpha value is -1.50. The van der Waals surface area contributed by atoms with Crippen LogP contribution in [0.5, 0.6) is 0 Å². The van der Waals surface area contributed by atoms with Crippen LogP contribution in [0.1, 0.15) is 36.1 Å². The molecule has 110 valence electrons. The maximum absolute atomic E-state index is 7.91. The molecule has 0 atom stereocenters.